The molecule has 1 N–H and O–H groups in total. The zero-order chi connectivity index (χ0) is 22.1. The molecule has 0 rings (SSSR count). The number of hydrogen-bond donors (Lipinski definition) is 1. The lowest BCUT2D eigenvalue weighted by atomic mass is 10.1. The highest BCUT2D eigenvalue weighted by molar-refractivity contribution is 5.87. The zero-order valence-electron chi connectivity index (χ0n) is 17.5. The molecule has 0 aliphatic carbocycles. The zero-order valence-corrected chi connectivity index (χ0v) is 17.5. The molecule has 0 aromatic carbocycles. The van der Waals surface area contributed by atoms with Gasteiger partial charge in [0.05, 0.1) is 6.42 Å². The van der Waals surface area contributed by atoms with Crippen molar-refractivity contribution in [2.75, 3.05) is 7.05 Å². The van der Waals surface area contributed by atoms with Crippen molar-refractivity contribution in [3.63, 3.8) is 0 Å². The molecular weight excluding hydrogens is 372 g/mol. The Kier molecular flexibility index (Phi) is 9.62. The van der Waals surface area contributed by atoms with Crippen molar-refractivity contribution in [2.24, 2.45) is 0 Å². The van der Waals surface area contributed by atoms with Crippen molar-refractivity contribution in [3.8, 4) is 0 Å². The van der Waals surface area contributed by atoms with E-state index in [1.807, 2.05) is 0 Å². The molecule has 0 aliphatic rings. The lowest BCUT2D eigenvalue weighted by Gasteiger charge is -2.25. The fourth-order valence-corrected chi connectivity index (χ4v) is 1.78. The van der Waals surface area contributed by atoms with Crippen LogP contribution in [0.25, 0.3) is 0 Å². The van der Waals surface area contributed by atoms with Crippen LogP contribution >= 0.6 is 0 Å². The summed E-state index contributed by atoms with van der Waals surface area (Å²) in [6.07, 6.45) is -1.08. The van der Waals surface area contributed by atoms with E-state index in [1.165, 1.54) is 7.05 Å². The fraction of sp³-hybridized carbons (Fsp3) is 0.722. The van der Waals surface area contributed by atoms with Gasteiger partial charge in [0.15, 0.2) is 0 Å². The second-order valence-electron chi connectivity index (χ2n) is 8.00. The molecular formula is C18H30N2O8. The Hall–Kier alpha value is -2.65. The summed E-state index contributed by atoms with van der Waals surface area (Å²) in [6.45, 7) is 9.85. The van der Waals surface area contributed by atoms with Crippen LogP contribution in [0.4, 0.5) is 4.79 Å². The highest BCUT2D eigenvalue weighted by Crippen LogP contribution is 2.12. The number of esters is 1. The Morgan fingerprint density at radius 1 is 1.00 bits per heavy atom. The summed E-state index contributed by atoms with van der Waals surface area (Å²) < 4.78 is 10.2. The number of rotatable bonds is 7. The maximum absolute atomic E-state index is 12.4. The quantitative estimate of drug-likeness (QED) is 0.385. The van der Waals surface area contributed by atoms with Gasteiger partial charge < -0.3 is 24.4 Å². The van der Waals surface area contributed by atoms with Crippen LogP contribution < -0.4 is 5.32 Å². The number of nitrogens with one attached hydrogen (secondary N) is 1. The molecule has 0 bridgehead atoms. The van der Waals surface area contributed by atoms with Gasteiger partial charge in [-0.1, -0.05) is 0 Å². The molecule has 0 aliphatic heterocycles. The van der Waals surface area contributed by atoms with Crippen LogP contribution in [0.5, 0.6) is 0 Å². The standard InChI is InChI=1S/C18H30N2O8/c1-17(2,3)26-14(23)11-12(19-16(25)27-18(4,5)6)15(24)28-20(7)13(22)9-8-10-21/h10,12H,8-9,11H2,1-7H3,(H,19,25). The minimum absolute atomic E-state index is 0.0295. The number of aldehydes is 1. The van der Waals surface area contributed by atoms with Crippen LogP contribution in [0, 0.1) is 0 Å². The van der Waals surface area contributed by atoms with Gasteiger partial charge in [0.2, 0.25) is 0 Å². The highest BCUT2D eigenvalue weighted by Gasteiger charge is 2.31. The molecule has 1 unspecified atom stereocenters. The maximum atomic E-state index is 12.4. The van der Waals surface area contributed by atoms with Gasteiger partial charge in [-0.15, -0.1) is 0 Å². The van der Waals surface area contributed by atoms with E-state index in [9.17, 15) is 24.0 Å². The van der Waals surface area contributed by atoms with Crippen LogP contribution in [-0.4, -0.2) is 59.6 Å². The molecule has 0 radical (unpaired) electrons. The Balaban J connectivity index is 5.15. The first kappa shape index (κ1) is 25.4. The number of hydroxylamine groups is 2. The molecule has 28 heavy (non-hydrogen) atoms. The topological polar surface area (TPSA) is 128 Å². The van der Waals surface area contributed by atoms with E-state index < -0.39 is 47.6 Å². The molecule has 0 heterocycles. The summed E-state index contributed by atoms with van der Waals surface area (Å²) in [5.41, 5.74) is -1.62. The minimum atomic E-state index is -1.44. The molecule has 0 saturated heterocycles. The molecule has 0 aromatic rings. The lowest BCUT2D eigenvalue weighted by molar-refractivity contribution is -0.195. The van der Waals surface area contributed by atoms with E-state index in [4.69, 9.17) is 14.3 Å². The molecule has 2 amide bonds. The van der Waals surface area contributed by atoms with E-state index in [2.05, 4.69) is 5.32 Å². The number of amides is 2. The fourth-order valence-electron chi connectivity index (χ4n) is 1.78. The molecule has 0 saturated carbocycles. The largest absolute Gasteiger partial charge is 0.460 e. The van der Waals surface area contributed by atoms with E-state index >= 15 is 0 Å². The number of carbonyl (C=O) groups excluding carboxylic acids is 5. The van der Waals surface area contributed by atoms with Gasteiger partial charge in [-0.3, -0.25) is 9.59 Å². The monoisotopic (exact) mass is 402 g/mol. The average molecular weight is 402 g/mol. The normalized spacial score (nSPS) is 12.4. The highest BCUT2D eigenvalue weighted by atomic mass is 16.7. The van der Waals surface area contributed by atoms with Gasteiger partial charge in [0.25, 0.3) is 5.91 Å². The van der Waals surface area contributed by atoms with Gasteiger partial charge in [-0.25, -0.2) is 9.59 Å². The van der Waals surface area contributed by atoms with E-state index in [0.29, 0.717) is 11.3 Å². The Bertz CT molecular complexity index is 559. The molecule has 10 heteroatoms. The number of ether oxygens (including phenoxy) is 2. The van der Waals surface area contributed by atoms with Crippen LogP contribution in [0.2, 0.25) is 0 Å². The molecule has 0 aromatic heterocycles. The first-order chi connectivity index (χ1) is 12.6. The van der Waals surface area contributed by atoms with Gasteiger partial charge in [-0.2, -0.15) is 5.06 Å². The number of carbonyl (C=O) groups is 5. The van der Waals surface area contributed by atoms with Crippen molar-refractivity contribution >= 4 is 30.2 Å². The number of nitrogens with zero attached hydrogens (tertiary/aromatic N) is 1. The van der Waals surface area contributed by atoms with E-state index in [1.54, 1.807) is 41.5 Å². The van der Waals surface area contributed by atoms with Crippen molar-refractivity contribution in [3.05, 3.63) is 0 Å². The Morgan fingerprint density at radius 3 is 2.00 bits per heavy atom. The SMILES string of the molecule is CN(OC(=O)C(CC(=O)OC(C)(C)C)NC(=O)OC(C)(C)C)C(=O)CCC=O. The van der Waals surface area contributed by atoms with Gasteiger partial charge in [0, 0.05) is 19.9 Å². The summed E-state index contributed by atoms with van der Waals surface area (Å²) >= 11 is 0. The summed E-state index contributed by atoms with van der Waals surface area (Å²) in [5, 5.41) is 2.89. The third-order valence-corrected chi connectivity index (χ3v) is 2.82. The van der Waals surface area contributed by atoms with Crippen molar-refractivity contribution in [1.82, 2.24) is 10.4 Å². The third kappa shape index (κ3) is 11.9. The van der Waals surface area contributed by atoms with Crippen LogP contribution in [0.15, 0.2) is 0 Å². The molecule has 0 spiro atoms. The van der Waals surface area contributed by atoms with Crippen molar-refractivity contribution in [1.29, 1.82) is 0 Å². The van der Waals surface area contributed by atoms with Crippen molar-refractivity contribution in [2.45, 2.75) is 78.0 Å². The first-order valence-electron chi connectivity index (χ1n) is 8.78. The summed E-state index contributed by atoms with van der Waals surface area (Å²) in [7, 11) is 1.18. The van der Waals surface area contributed by atoms with Gasteiger partial charge in [-0.05, 0) is 41.5 Å². The number of hydrogen-bond acceptors (Lipinski definition) is 8. The second-order valence-corrected chi connectivity index (χ2v) is 8.00. The molecule has 0 fully saturated rings. The molecule has 1 atom stereocenters. The predicted octanol–water partition coefficient (Wildman–Crippen LogP) is 1.51. The lowest BCUT2D eigenvalue weighted by Crippen LogP contribution is -2.47. The van der Waals surface area contributed by atoms with E-state index in [0.717, 1.165) is 0 Å². The molecule has 10 nitrogen and oxygen atoms in total. The summed E-state index contributed by atoms with van der Waals surface area (Å²) in [6, 6.07) is -1.44. The summed E-state index contributed by atoms with van der Waals surface area (Å²) in [5.74, 6) is -2.42. The van der Waals surface area contributed by atoms with Gasteiger partial charge in [0.1, 0.15) is 23.5 Å². The maximum Gasteiger partial charge on any atom is 0.408 e. The third-order valence-electron chi connectivity index (χ3n) is 2.82. The van der Waals surface area contributed by atoms with Crippen molar-refractivity contribution < 1.29 is 38.3 Å². The first-order valence-corrected chi connectivity index (χ1v) is 8.78. The smallest absolute Gasteiger partial charge is 0.408 e. The number of alkyl carbamates (subject to hydrolysis) is 1. The Labute approximate surface area is 164 Å². The van der Waals surface area contributed by atoms with Crippen LogP contribution in [0.1, 0.15) is 60.8 Å². The van der Waals surface area contributed by atoms with Crippen LogP contribution in [0.3, 0.4) is 0 Å². The minimum Gasteiger partial charge on any atom is -0.460 e. The van der Waals surface area contributed by atoms with Crippen LogP contribution in [-0.2, 0) is 33.5 Å². The molecule has 160 valence electrons. The van der Waals surface area contributed by atoms with Gasteiger partial charge >= 0.3 is 18.0 Å². The summed E-state index contributed by atoms with van der Waals surface area (Å²) in [4.78, 5) is 63.4. The Morgan fingerprint density at radius 2 is 1.54 bits per heavy atom. The average Bonchev–Trinajstić information content (AvgIpc) is 2.47. The van der Waals surface area contributed by atoms with E-state index in [-0.39, 0.29) is 12.8 Å². The predicted molar refractivity (Wildman–Crippen MR) is 97.8 cm³/mol. The second kappa shape index (κ2) is 10.6.